The molecule has 0 aliphatic carbocycles. The number of benzene rings is 1. The molecule has 8 heteroatoms. The molecule has 0 aliphatic rings. The van der Waals surface area contributed by atoms with Gasteiger partial charge in [0.25, 0.3) is 0 Å². The van der Waals surface area contributed by atoms with Crippen molar-refractivity contribution >= 4 is 5.97 Å². The number of hydrogen-bond acceptors (Lipinski definition) is 3. The van der Waals surface area contributed by atoms with E-state index in [1.54, 1.807) is 0 Å². The van der Waals surface area contributed by atoms with Crippen LogP contribution in [0.1, 0.15) is 10.4 Å². The summed E-state index contributed by atoms with van der Waals surface area (Å²) in [5.74, 6) is -1.76. The standard InChI is InChI=1S/C12H9F3N2O3/c1-17-10(8(6-16-17)11(18)19)7-4-2-3-5-9(7)20-12(13,14)15/h2-6H,1H3,(H,18,19). The molecule has 2 rings (SSSR count). The van der Waals surface area contributed by atoms with Crippen LogP contribution in [0.4, 0.5) is 13.2 Å². The number of carbonyl (C=O) groups is 1. The van der Waals surface area contributed by atoms with Crippen molar-refractivity contribution < 1.29 is 27.8 Å². The summed E-state index contributed by atoms with van der Waals surface area (Å²) in [5, 5.41) is 12.8. The minimum Gasteiger partial charge on any atom is -0.478 e. The van der Waals surface area contributed by atoms with Crippen LogP contribution in [0.2, 0.25) is 0 Å². The summed E-state index contributed by atoms with van der Waals surface area (Å²) < 4.78 is 42.2. The Morgan fingerprint density at radius 2 is 2.00 bits per heavy atom. The fourth-order valence-electron chi connectivity index (χ4n) is 1.79. The van der Waals surface area contributed by atoms with Crippen molar-refractivity contribution in [1.29, 1.82) is 0 Å². The van der Waals surface area contributed by atoms with Crippen molar-refractivity contribution in [2.45, 2.75) is 6.36 Å². The van der Waals surface area contributed by atoms with Gasteiger partial charge >= 0.3 is 12.3 Å². The van der Waals surface area contributed by atoms with Crippen LogP contribution >= 0.6 is 0 Å². The van der Waals surface area contributed by atoms with Crippen LogP contribution in [0.15, 0.2) is 30.5 Å². The summed E-state index contributed by atoms with van der Waals surface area (Å²) in [6.45, 7) is 0. The number of aromatic nitrogens is 2. The third-order valence-corrected chi connectivity index (χ3v) is 2.54. The number of nitrogens with zero attached hydrogens (tertiary/aromatic N) is 2. The lowest BCUT2D eigenvalue weighted by Crippen LogP contribution is -2.18. The number of aromatic carboxylic acids is 1. The Labute approximate surface area is 111 Å². The van der Waals surface area contributed by atoms with Gasteiger partial charge in [0.1, 0.15) is 11.3 Å². The Hall–Kier alpha value is -2.51. The van der Waals surface area contributed by atoms with Crippen molar-refractivity contribution in [1.82, 2.24) is 9.78 Å². The fraction of sp³-hybridized carbons (Fsp3) is 0.167. The first kappa shape index (κ1) is 13.9. The zero-order valence-corrected chi connectivity index (χ0v) is 10.2. The lowest BCUT2D eigenvalue weighted by atomic mass is 10.1. The quantitative estimate of drug-likeness (QED) is 0.942. The highest BCUT2D eigenvalue weighted by molar-refractivity contribution is 5.95. The van der Waals surface area contributed by atoms with E-state index < -0.39 is 18.1 Å². The van der Waals surface area contributed by atoms with Crippen LogP contribution in [0.5, 0.6) is 5.75 Å². The zero-order chi connectivity index (χ0) is 14.9. The van der Waals surface area contributed by atoms with Gasteiger partial charge < -0.3 is 9.84 Å². The van der Waals surface area contributed by atoms with E-state index in [0.29, 0.717) is 0 Å². The van der Waals surface area contributed by atoms with Crippen LogP contribution in [0.25, 0.3) is 11.3 Å². The van der Waals surface area contributed by atoms with Gasteiger partial charge in [-0.25, -0.2) is 4.79 Å². The van der Waals surface area contributed by atoms with E-state index in [1.165, 1.54) is 29.9 Å². The van der Waals surface area contributed by atoms with E-state index in [-0.39, 0.29) is 16.8 Å². The van der Waals surface area contributed by atoms with E-state index in [9.17, 15) is 18.0 Å². The maximum absolute atomic E-state index is 12.4. The molecule has 106 valence electrons. The van der Waals surface area contributed by atoms with E-state index in [4.69, 9.17) is 5.11 Å². The molecule has 20 heavy (non-hydrogen) atoms. The average Bonchev–Trinajstić information content (AvgIpc) is 2.70. The minimum absolute atomic E-state index is 0.00206. The number of rotatable bonds is 3. The van der Waals surface area contributed by atoms with Crippen molar-refractivity contribution in [2.24, 2.45) is 7.05 Å². The first-order valence-corrected chi connectivity index (χ1v) is 5.40. The van der Waals surface area contributed by atoms with Gasteiger partial charge in [0.05, 0.1) is 11.9 Å². The molecule has 0 amide bonds. The first-order chi connectivity index (χ1) is 9.29. The molecular weight excluding hydrogens is 277 g/mol. The van der Waals surface area contributed by atoms with E-state index in [2.05, 4.69) is 9.84 Å². The molecule has 0 aliphatic heterocycles. The highest BCUT2D eigenvalue weighted by Crippen LogP contribution is 2.35. The van der Waals surface area contributed by atoms with Crippen LogP contribution in [0, 0.1) is 0 Å². The Morgan fingerprint density at radius 3 is 2.60 bits per heavy atom. The highest BCUT2D eigenvalue weighted by Gasteiger charge is 2.33. The van der Waals surface area contributed by atoms with E-state index >= 15 is 0 Å². The first-order valence-electron chi connectivity index (χ1n) is 5.40. The lowest BCUT2D eigenvalue weighted by molar-refractivity contribution is -0.274. The maximum Gasteiger partial charge on any atom is 0.573 e. The molecule has 2 aromatic rings. The van der Waals surface area contributed by atoms with Crippen molar-refractivity contribution in [3.63, 3.8) is 0 Å². The summed E-state index contributed by atoms with van der Waals surface area (Å²) in [6, 6.07) is 5.30. The van der Waals surface area contributed by atoms with Gasteiger partial charge in [0, 0.05) is 12.6 Å². The molecular formula is C12H9F3N2O3. The number of para-hydroxylation sites is 1. The molecule has 0 unspecified atom stereocenters. The molecule has 1 aromatic heterocycles. The Morgan fingerprint density at radius 1 is 1.35 bits per heavy atom. The largest absolute Gasteiger partial charge is 0.573 e. The monoisotopic (exact) mass is 286 g/mol. The molecule has 0 saturated carbocycles. The third-order valence-electron chi connectivity index (χ3n) is 2.54. The van der Waals surface area contributed by atoms with Gasteiger partial charge in [-0.2, -0.15) is 5.10 Å². The van der Waals surface area contributed by atoms with Gasteiger partial charge in [-0.15, -0.1) is 13.2 Å². The number of halogens is 3. The number of aryl methyl sites for hydroxylation is 1. The normalized spacial score (nSPS) is 11.4. The van der Waals surface area contributed by atoms with Gasteiger partial charge in [-0.1, -0.05) is 12.1 Å². The van der Waals surface area contributed by atoms with Crippen LogP contribution in [0.3, 0.4) is 0 Å². The predicted octanol–water partition coefficient (Wildman–Crippen LogP) is 2.68. The zero-order valence-electron chi connectivity index (χ0n) is 10.2. The second-order valence-corrected chi connectivity index (χ2v) is 3.88. The Balaban J connectivity index is 2.59. The van der Waals surface area contributed by atoms with Crippen molar-refractivity contribution in [3.8, 4) is 17.0 Å². The number of alkyl halides is 3. The fourth-order valence-corrected chi connectivity index (χ4v) is 1.79. The van der Waals surface area contributed by atoms with Crippen LogP contribution in [-0.2, 0) is 7.05 Å². The lowest BCUT2D eigenvalue weighted by Gasteiger charge is -2.13. The summed E-state index contributed by atoms with van der Waals surface area (Å²) in [7, 11) is 1.44. The molecule has 1 heterocycles. The molecule has 0 radical (unpaired) electrons. The molecule has 0 spiro atoms. The van der Waals surface area contributed by atoms with Gasteiger partial charge in [-0.05, 0) is 12.1 Å². The number of carboxylic acids is 1. The van der Waals surface area contributed by atoms with Crippen molar-refractivity contribution in [2.75, 3.05) is 0 Å². The van der Waals surface area contributed by atoms with E-state index in [0.717, 1.165) is 12.3 Å². The SMILES string of the molecule is Cn1ncc(C(=O)O)c1-c1ccccc1OC(F)(F)F. The van der Waals surface area contributed by atoms with Gasteiger partial charge in [-0.3, -0.25) is 4.68 Å². The predicted molar refractivity (Wildman–Crippen MR) is 62.3 cm³/mol. The molecule has 0 fully saturated rings. The number of hydrogen-bond donors (Lipinski definition) is 1. The highest BCUT2D eigenvalue weighted by atomic mass is 19.4. The molecule has 0 saturated heterocycles. The second kappa shape index (κ2) is 4.87. The van der Waals surface area contributed by atoms with Crippen LogP contribution < -0.4 is 4.74 Å². The minimum atomic E-state index is -4.86. The topological polar surface area (TPSA) is 64.4 Å². The van der Waals surface area contributed by atoms with Gasteiger partial charge in [0.2, 0.25) is 0 Å². The summed E-state index contributed by atoms with van der Waals surface area (Å²) in [4.78, 5) is 11.1. The van der Waals surface area contributed by atoms with Crippen LogP contribution in [-0.4, -0.2) is 27.2 Å². The Bertz CT molecular complexity index is 650. The third kappa shape index (κ3) is 2.73. The van der Waals surface area contributed by atoms with Gasteiger partial charge in [0.15, 0.2) is 0 Å². The number of ether oxygens (including phenoxy) is 1. The molecule has 0 atom stereocenters. The molecule has 0 bridgehead atoms. The number of carboxylic acid groups (broad SMARTS) is 1. The smallest absolute Gasteiger partial charge is 0.478 e. The molecule has 1 aromatic carbocycles. The Kier molecular flexibility index (Phi) is 3.39. The molecule has 1 N–H and O–H groups in total. The summed E-state index contributed by atoms with van der Waals surface area (Å²) in [5.41, 5.74) is -0.162. The summed E-state index contributed by atoms with van der Waals surface area (Å²) >= 11 is 0. The maximum atomic E-state index is 12.4. The summed E-state index contributed by atoms with van der Waals surface area (Å²) in [6.07, 6.45) is -3.79. The average molecular weight is 286 g/mol. The van der Waals surface area contributed by atoms with E-state index in [1.807, 2.05) is 0 Å². The second-order valence-electron chi connectivity index (χ2n) is 3.88. The van der Waals surface area contributed by atoms with Crippen molar-refractivity contribution in [3.05, 3.63) is 36.0 Å². The molecule has 5 nitrogen and oxygen atoms in total.